The topological polar surface area (TPSA) is 95.6 Å². The Bertz CT molecular complexity index is 1110. The number of carbonyl (C=O) groups is 2. The van der Waals surface area contributed by atoms with Crippen LogP contribution >= 0.6 is 0 Å². The Morgan fingerprint density at radius 1 is 1.16 bits per heavy atom. The first-order chi connectivity index (χ1) is 15.5. The van der Waals surface area contributed by atoms with E-state index in [1.807, 2.05) is 34.1 Å². The zero-order valence-corrected chi connectivity index (χ0v) is 18.3. The van der Waals surface area contributed by atoms with E-state index in [2.05, 4.69) is 4.98 Å². The van der Waals surface area contributed by atoms with Crippen molar-refractivity contribution in [3.63, 3.8) is 0 Å². The van der Waals surface area contributed by atoms with E-state index >= 15 is 0 Å². The summed E-state index contributed by atoms with van der Waals surface area (Å²) in [5.74, 6) is 1.72. The molecule has 8 nitrogen and oxygen atoms in total. The van der Waals surface area contributed by atoms with Crippen LogP contribution in [0.25, 0.3) is 0 Å². The van der Waals surface area contributed by atoms with Gasteiger partial charge in [0.1, 0.15) is 11.6 Å². The second-order valence-electron chi connectivity index (χ2n) is 8.97. The molecule has 32 heavy (non-hydrogen) atoms. The third-order valence-electron chi connectivity index (χ3n) is 6.79. The number of hydrogen-bond acceptors (Lipinski definition) is 5. The highest BCUT2D eigenvalue weighted by Gasteiger charge is 2.36. The van der Waals surface area contributed by atoms with E-state index in [1.54, 1.807) is 7.11 Å². The molecule has 1 aromatic heterocycles. The van der Waals surface area contributed by atoms with Crippen molar-refractivity contribution >= 4 is 11.8 Å². The molecule has 2 amide bonds. The Morgan fingerprint density at radius 2 is 1.97 bits per heavy atom. The lowest BCUT2D eigenvalue weighted by atomic mass is 10.0. The number of hydrogen-bond donors (Lipinski definition) is 1. The van der Waals surface area contributed by atoms with Gasteiger partial charge in [-0.15, -0.1) is 0 Å². The van der Waals surface area contributed by atoms with Gasteiger partial charge >= 0.3 is 0 Å². The Morgan fingerprint density at radius 3 is 2.75 bits per heavy atom. The molecular weight excluding hydrogens is 408 g/mol. The van der Waals surface area contributed by atoms with Crippen LogP contribution in [0.2, 0.25) is 0 Å². The minimum atomic E-state index is -0.109. The summed E-state index contributed by atoms with van der Waals surface area (Å²) in [6.45, 7) is 2.15. The van der Waals surface area contributed by atoms with Gasteiger partial charge in [-0.25, -0.2) is 4.98 Å². The lowest BCUT2D eigenvalue weighted by Gasteiger charge is -2.28. The van der Waals surface area contributed by atoms with E-state index in [0.29, 0.717) is 55.4 Å². The van der Waals surface area contributed by atoms with Crippen molar-refractivity contribution in [2.45, 2.75) is 44.6 Å². The minimum Gasteiger partial charge on any atom is -0.496 e. The molecule has 168 valence electrons. The molecule has 1 saturated heterocycles. The number of ether oxygens (including phenoxy) is 1. The maximum Gasteiger partial charge on any atom is 0.254 e. The number of nitrogens with one attached hydrogen (secondary N) is 1. The molecule has 1 N–H and O–H groups in total. The van der Waals surface area contributed by atoms with Crippen LogP contribution in [-0.4, -0.2) is 58.3 Å². The number of aromatic amines is 1. The Balaban J connectivity index is 1.28. The van der Waals surface area contributed by atoms with Gasteiger partial charge in [0.05, 0.1) is 25.8 Å². The molecule has 2 aromatic rings. The fourth-order valence-electron chi connectivity index (χ4n) is 4.76. The molecule has 1 saturated carbocycles. The molecule has 3 aliphatic rings. The van der Waals surface area contributed by atoms with Gasteiger partial charge in [0.25, 0.3) is 5.56 Å². The van der Waals surface area contributed by atoms with Crippen molar-refractivity contribution in [1.29, 1.82) is 0 Å². The van der Waals surface area contributed by atoms with E-state index in [9.17, 15) is 14.4 Å². The van der Waals surface area contributed by atoms with Gasteiger partial charge in [0.2, 0.25) is 11.8 Å². The Hall–Kier alpha value is -3.16. The molecule has 8 heteroatoms. The fraction of sp³-hybridized carbons (Fsp3) is 0.500. The summed E-state index contributed by atoms with van der Waals surface area (Å²) in [4.78, 5) is 49.4. The summed E-state index contributed by atoms with van der Waals surface area (Å²) < 4.78 is 5.36. The maximum absolute atomic E-state index is 12.9. The summed E-state index contributed by atoms with van der Waals surface area (Å²) >= 11 is 0. The first-order valence-electron chi connectivity index (χ1n) is 11.3. The summed E-state index contributed by atoms with van der Waals surface area (Å²) in [5, 5.41) is 0. The van der Waals surface area contributed by atoms with Crippen LogP contribution in [0.3, 0.4) is 0 Å². The predicted molar refractivity (Wildman–Crippen MR) is 117 cm³/mol. The lowest BCUT2D eigenvalue weighted by Crippen LogP contribution is -2.40. The molecule has 1 aliphatic carbocycles. The first-order valence-corrected chi connectivity index (χ1v) is 11.3. The van der Waals surface area contributed by atoms with Crippen molar-refractivity contribution in [2.24, 2.45) is 5.92 Å². The van der Waals surface area contributed by atoms with E-state index in [1.165, 1.54) is 0 Å². The number of benzene rings is 1. The molecule has 0 radical (unpaired) electrons. The molecule has 0 spiro atoms. The monoisotopic (exact) mass is 436 g/mol. The highest BCUT2D eigenvalue weighted by Crippen LogP contribution is 2.33. The van der Waals surface area contributed by atoms with Gasteiger partial charge < -0.3 is 19.5 Å². The minimum absolute atomic E-state index is 0.0101. The van der Waals surface area contributed by atoms with Gasteiger partial charge in [-0.1, -0.05) is 18.2 Å². The van der Waals surface area contributed by atoms with Crippen LogP contribution in [0, 0.1) is 5.92 Å². The van der Waals surface area contributed by atoms with Crippen molar-refractivity contribution in [1.82, 2.24) is 19.8 Å². The van der Waals surface area contributed by atoms with Crippen molar-refractivity contribution in [3.8, 4) is 5.75 Å². The summed E-state index contributed by atoms with van der Waals surface area (Å²) in [6, 6.07) is 7.54. The molecule has 1 atom stereocenters. The quantitative estimate of drug-likeness (QED) is 0.769. The molecule has 3 heterocycles. The third-order valence-corrected chi connectivity index (χ3v) is 6.79. The van der Waals surface area contributed by atoms with E-state index in [4.69, 9.17) is 9.72 Å². The Labute approximate surface area is 186 Å². The van der Waals surface area contributed by atoms with Crippen molar-refractivity contribution in [2.75, 3.05) is 26.7 Å². The number of rotatable bonds is 5. The van der Waals surface area contributed by atoms with Gasteiger partial charge in [0, 0.05) is 42.6 Å². The van der Waals surface area contributed by atoms with Crippen LogP contribution in [-0.2, 0) is 29.0 Å². The van der Waals surface area contributed by atoms with Gasteiger partial charge in [0.15, 0.2) is 0 Å². The van der Waals surface area contributed by atoms with Crippen LogP contribution in [0.5, 0.6) is 5.75 Å². The number of aromatic nitrogens is 2. The molecule has 1 aromatic carbocycles. The average molecular weight is 437 g/mol. The molecular formula is C24H28N4O4. The van der Waals surface area contributed by atoms with Gasteiger partial charge in [-0.3, -0.25) is 14.4 Å². The van der Waals surface area contributed by atoms with Crippen LogP contribution in [0.1, 0.15) is 47.8 Å². The number of likely N-dealkylation sites (tertiary alicyclic amines) is 1. The summed E-state index contributed by atoms with van der Waals surface area (Å²) in [5.41, 5.74) is 2.16. The molecule has 1 unspecified atom stereocenters. The molecule has 0 bridgehead atoms. The number of methoxy groups -OCH3 is 1. The first kappa shape index (κ1) is 20.7. The van der Waals surface area contributed by atoms with Crippen LogP contribution in [0.15, 0.2) is 29.1 Å². The number of H-pyrrole nitrogens is 1. The zero-order chi connectivity index (χ0) is 22.2. The van der Waals surface area contributed by atoms with E-state index in [0.717, 1.165) is 24.8 Å². The van der Waals surface area contributed by atoms with Gasteiger partial charge in [-0.05, 0) is 31.7 Å². The number of nitrogens with zero attached hydrogens (tertiary/aromatic N) is 3. The fourth-order valence-corrected chi connectivity index (χ4v) is 4.76. The SMILES string of the molecule is COc1ccccc1CC(=O)N1CCC(c2nc3c(c(=O)[nH]2)CCN(C(=O)C2CC2)C3)C1. The highest BCUT2D eigenvalue weighted by molar-refractivity contribution is 5.81. The van der Waals surface area contributed by atoms with Crippen molar-refractivity contribution < 1.29 is 14.3 Å². The second kappa shape index (κ2) is 8.41. The third kappa shape index (κ3) is 4.01. The standard InChI is InChI=1S/C24H28N4O4/c1-32-20-5-3-2-4-16(20)12-21(29)27-10-8-17(13-27)22-25-19-14-28(24(31)15-6-7-15)11-9-18(19)23(30)26-22/h2-5,15,17H,6-14H2,1H3,(H,25,26,30). The van der Waals surface area contributed by atoms with Gasteiger partial charge in [-0.2, -0.15) is 0 Å². The predicted octanol–water partition coefficient (Wildman–Crippen LogP) is 1.63. The summed E-state index contributed by atoms with van der Waals surface area (Å²) in [6.07, 6.45) is 3.52. The number of para-hydroxylation sites is 1. The van der Waals surface area contributed by atoms with Crippen LogP contribution in [0.4, 0.5) is 0 Å². The lowest BCUT2D eigenvalue weighted by molar-refractivity contribution is -0.133. The number of carbonyl (C=O) groups excluding carboxylic acids is 2. The molecule has 2 fully saturated rings. The largest absolute Gasteiger partial charge is 0.496 e. The Kier molecular flexibility index (Phi) is 5.45. The smallest absolute Gasteiger partial charge is 0.254 e. The second-order valence-corrected chi connectivity index (χ2v) is 8.97. The zero-order valence-electron chi connectivity index (χ0n) is 18.3. The molecule has 2 aliphatic heterocycles. The highest BCUT2D eigenvalue weighted by atomic mass is 16.5. The van der Waals surface area contributed by atoms with E-state index < -0.39 is 0 Å². The van der Waals surface area contributed by atoms with Crippen LogP contribution < -0.4 is 10.3 Å². The maximum atomic E-state index is 12.9. The normalized spacial score (nSPS) is 20.2. The summed E-state index contributed by atoms with van der Waals surface area (Å²) in [7, 11) is 1.60. The van der Waals surface area contributed by atoms with Crippen molar-refractivity contribution in [3.05, 3.63) is 57.3 Å². The van der Waals surface area contributed by atoms with E-state index in [-0.39, 0.29) is 35.6 Å². The number of amides is 2. The average Bonchev–Trinajstić information content (AvgIpc) is 3.54. The molecule has 5 rings (SSSR count). The number of fused-ring (bicyclic) bond motifs is 1.